The van der Waals surface area contributed by atoms with Gasteiger partial charge in [-0.15, -0.1) is 0 Å². The lowest BCUT2D eigenvalue weighted by molar-refractivity contribution is -0.137. The van der Waals surface area contributed by atoms with Crippen molar-refractivity contribution < 1.29 is 26.4 Å². The van der Waals surface area contributed by atoms with Crippen molar-refractivity contribution >= 4 is 38.2 Å². The Morgan fingerprint density at radius 3 is 2.46 bits per heavy atom. The second kappa shape index (κ2) is 8.99. The van der Waals surface area contributed by atoms with Gasteiger partial charge in [0.05, 0.1) is 33.8 Å². The van der Waals surface area contributed by atoms with E-state index in [0.29, 0.717) is 23.0 Å². The number of nitrogen functional groups attached to an aromatic ring is 1. The van der Waals surface area contributed by atoms with E-state index < -0.39 is 32.4 Å². The summed E-state index contributed by atoms with van der Waals surface area (Å²) < 4.78 is 65.1. The number of halogens is 3. The van der Waals surface area contributed by atoms with Gasteiger partial charge in [0.25, 0.3) is 5.91 Å². The van der Waals surface area contributed by atoms with E-state index in [-0.39, 0.29) is 17.8 Å². The van der Waals surface area contributed by atoms with Gasteiger partial charge in [0, 0.05) is 24.0 Å². The molecule has 1 amide bonds. The fourth-order valence-corrected chi connectivity index (χ4v) is 4.48. The molecule has 180 valence electrons. The van der Waals surface area contributed by atoms with Gasteiger partial charge >= 0.3 is 6.18 Å². The average molecular weight is 501 g/mol. The molecule has 0 saturated heterocycles. The number of anilines is 2. The fourth-order valence-electron chi connectivity index (χ4n) is 3.58. The van der Waals surface area contributed by atoms with Crippen LogP contribution in [-0.4, -0.2) is 30.5 Å². The van der Waals surface area contributed by atoms with Gasteiger partial charge in [-0.25, -0.2) is 13.4 Å². The van der Waals surface area contributed by atoms with E-state index in [1.165, 1.54) is 24.5 Å². The van der Waals surface area contributed by atoms with E-state index in [1.54, 1.807) is 30.3 Å². The molecule has 0 radical (unpaired) electrons. The molecule has 2 heterocycles. The maximum absolute atomic E-state index is 13.5. The molecule has 0 saturated carbocycles. The van der Waals surface area contributed by atoms with Crippen molar-refractivity contribution in [3.63, 3.8) is 0 Å². The van der Waals surface area contributed by atoms with Crippen LogP contribution in [0.5, 0.6) is 0 Å². The first-order valence-corrected chi connectivity index (χ1v) is 12.1. The van der Waals surface area contributed by atoms with Crippen LogP contribution < -0.4 is 10.6 Å². The summed E-state index contributed by atoms with van der Waals surface area (Å²) in [6.07, 6.45) is -1.22. The van der Waals surface area contributed by atoms with Crippen LogP contribution in [-0.2, 0) is 22.6 Å². The topological polar surface area (TPSA) is 106 Å². The highest BCUT2D eigenvalue weighted by Crippen LogP contribution is 2.36. The number of carbonyl (C=O) groups excluding carboxylic acids is 1. The summed E-state index contributed by atoms with van der Waals surface area (Å²) >= 11 is 0. The van der Waals surface area contributed by atoms with Crippen LogP contribution in [0.1, 0.15) is 21.5 Å². The number of hydrogen-bond donors (Lipinski definition) is 1. The smallest absolute Gasteiger partial charge is 0.384 e. The summed E-state index contributed by atoms with van der Waals surface area (Å²) in [7, 11) is -4.15. The summed E-state index contributed by atoms with van der Waals surface area (Å²) in [6.45, 7) is -0.145. The summed E-state index contributed by atoms with van der Waals surface area (Å²) in [6, 6.07) is 13.9. The Morgan fingerprint density at radius 1 is 1.06 bits per heavy atom. The van der Waals surface area contributed by atoms with Gasteiger partial charge in [0.2, 0.25) is 0 Å². The monoisotopic (exact) mass is 500 g/mol. The van der Waals surface area contributed by atoms with Crippen LogP contribution in [0.15, 0.2) is 78.0 Å². The number of alkyl halides is 3. The number of fused-ring (bicyclic) bond motifs is 1. The zero-order valence-electron chi connectivity index (χ0n) is 18.3. The average Bonchev–Trinajstić information content (AvgIpc) is 2.81. The molecule has 0 aliphatic carbocycles. The van der Waals surface area contributed by atoms with Gasteiger partial charge in [-0.1, -0.05) is 12.1 Å². The van der Waals surface area contributed by atoms with E-state index in [0.717, 1.165) is 28.7 Å². The molecule has 0 aliphatic rings. The first-order chi connectivity index (χ1) is 16.4. The molecule has 11 heteroatoms. The van der Waals surface area contributed by atoms with Crippen molar-refractivity contribution in [1.82, 2.24) is 9.97 Å². The lowest BCUT2D eigenvalue weighted by Gasteiger charge is -2.26. The van der Waals surface area contributed by atoms with Crippen molar-refractivity contribution in [3.8, 4) is 0 Å². The third-order valence-corrected chi connectivity index (χ3v) is 6.38. The van der Waals surface area contributed by atoms with Crippen LogP contribution in [0.4, 0.5) is 24.7 Å². The number of nitrogens with zero attached hydrogens (tertiary/aromatic N) is 3. The Kier molecular flexibility index (Phi) is 6.20. The van der Waals surface area contributed by atoms with Crippen molar-refractivity contribution in [2.75, 3.05) is 16.9 Å². The predicted molar refractivity (Wildman–Crippen MR) is 125 cm³/mol. The number of sulfone groups is 1. The highest BCUT2D eigenvalue weighted by Gasteiger charge is 2.34. The normalized spacial score (nSPS) is 12.0. The van der Waals surface area contributed by atoms with Crippen LogP contribution in [0, 0.1) is 0 Å². The molecule has 0 atom stereocenters. The number of aromatic nitrogens is 2. The maximum Gasteiger partial charge on any atom is 0.416 e. The van der Waals surface area contributed by atoms with Gasteiger partial charge < -0.3 is 10.6 Å². The fraction of sp³-hybridized carbons (Fsp3) is 0.125. The minimum Gasteiger partial charge on any atom is -0.384 e. The predicted octanol–water partition coefficient (Wildman–Crippen LogP) is 4.48. The van der Waals surface area contributed by atoms with E-state index in [9.17, 15) is 26.4 Å². The molecule has 4 rings (SSSR count). The molecule has 4 aromatic rings. The number of benzene rings is 2. The van der Waals surface area contributed by atoms with Crippen LogP contribution >= 0.6 is 0 Å². The molecule has 2 aromatic carbocycles. The molecular weight excluding hydrogens is 481 g/mol. The molecule has 2 aromatic heterocycles. The molecule has 0 aliphatic heterocycles. The minimum absolute atomic E-state index is 0.134. The highest BCUT2D eigenvalue weighted by molar-refractivity contribution is 7.90. The van der Waals surface area contributed by atoms with E-state index in [4.69, 9.17) is 5.73 Å². The van der Waals surface area contributed by atoms with Crippen molar-refractivity contribution in [1.29, 1.82) is 0 Å². The Hall–Kier alpha value is -3.99. The number of rotatable bonds is 5. The van der Waals surface area contributed by atoms with E-state index in [2.05, 4.69) is 9.97 Å². The highest BCUT2D eigenvalue weighted by atomic mass is 32.2. The lowest BCUT2D eigenvalue weighted by Crippen LogP contribution is -2.32. The first kappa shape index (κ1) is 24.1. The van der Waals surface area contributed by atoms with Gasteiger partial charge in [-0.05, 0) is 54.1 Å². The second-order valence-electron chi connectivity index (χ2n) is 7.85. The molecule has 7 nitrogen and oxygen atoms in total. The second-order valence-corrected chi connectivity index (χ2v) is 9.83. The molecule has 35 heavy (non-hydrogen) atoms. The number of nitrogens with two attached hydrogens (primary N) is 1. The molecule has 0 bridgehead atoms. The van der Waals surface area contributed by atoms with E-state index in [1.807, 2.05) is 0 Å². The molecule has 2 N–H and O–H groups in total. The number of hydrogen-bond acceptors (Lipinski definition) is 6. The number of carbonyl (C=O) groups is 1. The van der Waals surface area contributed by atoms with Crippen molar-refractivity contribution in [2.24, 2.45) is 0 Å². The quantitative estimate of drug-likeness (QED) is 0.433. The molecule has 0 fully saturated rings. The van der Waals surface area contributed by atoms with Crippen molar-refractivity contribution in [2.45, 2.75) is 17.6 Å². The Labute approximate surface area is 199 Å². The number of amides is 1. The standard InChI is InChI=1S/C24H19F3N4O3S/c1-35(33,34)21-12-18(24(25,26)27)7-8-20(21)31(23(32)17-3-2-10-29-13-17)14-15-4-5-16-6-9-22(28)30-19(16)11-15/h2-13H,14H2,1H3,(H2,28,30). The van der Waals surface area contributed by atoms with Gasteiger partial charge in [-0.2, -0.15) is 13.2 Å². The third-order valence-electron chi connectivity index (χ3n) is 5.25. The minimum atomic E-state index is -4.76. The molecule has 0 unspecified atom stereocenters. The van der Waals surface area contributed by atoms with Crippen LogP contribution in [0.2, 0.25) is 0 Å². The maximum atomic E-state index is 13.5. The Bertz CT molecular complexity index is 1520. The number of pyridine rings is 2. The lowest BCUT2D eigenvalue weighted by atomic mass is 10.1. The Morgan fingerprint density at radius 2 is 1.80 bits per heavy atom. The largest absolute Gasteiger partial charge is 0.416 e. The van der Waals surface area contributed by atoms with Crippen molar-refractivity contribution in [3.05, 3.63) is 89.7 Å². The summed E-state index contributed by atoms with van der Waals surface area (Å²) in [4.78, 5) is 22.1. The summed E-state index contributed by atoms with van der Waals surface area (Å²) in [5.41, 5.74) is 5.69. The first-order valence-electron chi connectivity index (χ1n) is 10.2. The van der Waals surface area contributed by atoms with Gasteiger partial charge in [0.15, 0.2) is 9.84 Å². The summed E-state index contributed by atoms with van der Waals surface area (Å²) in [5, 5.41) is 0.791. The Balaban J connectivity index is 1.88. The molecule has 0 spiro atoms. The van der Waals surface area contributed by atoms with Crippen LogP contribution in [0.25, 0.3) is 10.9 Å². The summed E-state index contributed by atoms with van der Waals surface area (Å²) in [5.74, 6) is -0.344. The zero-order valence-corrected chi connectivity index (χ0v) is 19.1. The third kappa shape index (κ3) is 5.24. The zero-order chi connectivity index (χ0) is 25.4. The molecular formula is C24H19F3N4O3S. The van der Waals surface area contributed by atoms with Crippen LogP contribution in [0.3, 0.4) is 0 Å². The van der Waals surface area contributed by atoms with Gasteiger partial charge in [0.1, 0.15) is 5.82 Å². The van der Waals surface area contributed by atoms with Gasteiger partial charge in [-0.3, -0.25) is 9.78 Å². The SMILES string of the molecule is CS(=O)(=O)c1cc(C(F)(F)F)ccc1N(Cc1ccc2ccc(N)nc2c1)C(=O)c1cccnc1. The van der Waals surface area contributed by atoms with E-state index >= 15 is 0 Å².